The lowest BCUT2D eigenvalue weighted by atomic mass is 9.94. The summed E-state index contributed by atoms with van der Waals surface area (Å²) in [4.78, 5) is 0. The Hall–Kier alpha value is -2.80. The lowest BCUT2D eigenvalue weighted by Gasteiger charge is -2.10. The van der Waals surface area contributed by atoms with Gasteiger partial charge in [0.15, 0.2) is 0 Å². The highest BCUT2D eigenvalue weighted by atomic mass is 16.5. The van der Waals surface area contributed by atoms with E-state index in [1.807, 2.05) is 37.3 Å². The van der Waals surface area contributed by atoms with Crippen molar-refractivity contribution in [1.82, 2.24) is 0 Å². The minimum Gasteiger partial charge on any atom is -0.497 e. The number of nitrogens with zero attached hydrogens (tertiary/aromatic N) is 2. The molecular formula is C16H14N2O2. The summed E-state index contributed by atoms with van der Waals surface area (Å²) in [5.41, 5.74) is 3.50. The Morgan fingerprint density at radius 3 is 2.45 bits per heavy atom. The van der Waals surface area contributed by atoms with Gasteiger partial charge in [-0.3, -0.25) is 0 Å². The fraction of sp³-hybridized carbons (Fsp3) is 0.125. The molecule has 0 saturated carbocycles. The molecule has 4 nitrogen and oxygen atoms in total. The van der Waals surface area contributed by atoms with E-state index in [4.69, 9.17) is 9.94 Å². The number of hydrogen-bond acceptors (Lipinski definition) is 4. The number of allylic oxidation sites excluding steroid dienone is 6. The Morgan fingerprint density at radius 1 is 1.25 bits per heavy atom. The highest BCUT2D eigenvalue weighted by Crippen LogP contribution is 2.25. The van der Waals surface area contributed by atoms with Gasteiger partial charge in [-0.1, -0.05) is 11.2 Å². The Labute approximate surface area is 117 Å². The van der Waals surface area contributed by atoms with E-state index in [0.717, 1.165) is 22.5 Å². The summed E-state index contributed by atoms with van der Waals surface area (Å²) in [5, 5.41) is 21.4. The maximum atomic E-state index is 9.39. The van der Waals surface area contributed by atoms with Crippen molar-refractivity contribution in [3.8, 4) is 11.8 Å². The standard InChI is InChI=1S/C16H14N2O2/c1-11-9-13(5-8-16(11)18-19)15(10-17)12-3-6-14(20-2)7-4-12/h3-9,19H,1-2H3/b15-13+,18-16-. The van der Waals surface area contributed by atoms with Gasteiger partial charge in [0.1, 0.15) is 17.5 Å². The number of oxime groups is 1. The Balaban J connectivity index is 2.47. The highest BCUT2D eigenvalue weighted by Gasteiger charge is 2.11. The zero-order valence-corrected chi connectivity index (χ0v) is 11.3. The molecule has 0 bridgehead atoms. The van der Waals surface area contributed by atoms with E-state index < -0.39 is 0 Å². The van der Waals surface area contributed by atoms with Crippen LogP contribution in [0.3, 0.4) is 0 Å². The molecule has 0 aromatic heterocycles. The Bertz CT molecular complexity index is 671. The van der Waals surface area contributed by atoms with E-state index in [1.165, 1.54) is 0 Å². The van der Waals surface area contributed by atoms with Crippen LogP contribution in [0.4, 0.5) is 0 Å². The summed E-state index contributed by atoms with van der Waals surface area (Å²) in [6, 6.07) is 9.54. The maximum absolute atomic E-state index is 9.39. The van der Waals surface area contributed by atoms with Crippen LogP contribution in [0.2, 0.25) is 0 Å². The second kappa shape index (κ2) is 5.89. The molecule has 0 fully saturated rings. The van der Waals surface area contributed by atoms with Gasteiger partial charge in [0, 0.05) is 0 Å². The maximum Gasteiger partial charge on any atom is 0.118 e. The molecule has 20 heavy (non-hydrogen) atoms. The summed E-state index contributed by atoms with van der Waals surface area (Å²) in [7, 11) is 1.60. The predicted molar refractivity (Wildman–Crippen MR) is 77.6 cm³/mol. The molecule has 0 spiro atoms. The van der Waals surface area contributed by atoms with Crippen molar-refractivity contribution >= 4 is 11.3 Å². The third-order valence-corrected chi connectivity index (χ3v) is 3.08. The number of rotatable bonds is 2. The minimum absolute atomic E-state index is 0.501. The lowest BCUT2D eigenvalue weighted by Crippen LogP contribution is -2.02. The summed E-state index contributed by atoms with van der Waals surface area (Å²) < 4.78 is 5.11. The first-order valence-corrected chi connectivity index (χ1v) is 6.07. The van der Waals surface area contributed by atoms with Crippen LogP contribution in [0.15, 0.2) is 58.8 Å². The molecule has 0 saturated heterocycles. The molecule has 0 amide bonds. The summed E-state index contributed by atoms with van der Waals surface area (Å²) in [6.45, 7) is 1.83. The van der Waals surface area contributed by atoms with E-state index in [9.17, 15) is 5.26 Å². The molecule has 0 unspecified atom stereocenters. The molecule has 1 aromatic rings. The van der Waals surface area contributed by atoms with Crippen molar-refractivity contribution < 1.29 is 9.94 Å². The molecule has 0 radical (unpaired) electrons. The Kier molecular flexibility index (Phi) is 4.02. The van der Waals surface area contributed by atoms with Gasteiger partial charge in [-0.25, -0.2) is 0 Å². The van der Waals surface area contributed by atoms with Crippen molar-refractivity contribution in [3.63, 3.8) is 0 Å². The fourth-order valence-electron chi connectivity index (χ4n) is 1.98. The van der Waals surface area contributed by atoms with Crippen molar-refractivity contribution in [2.24, 2.45) is 5.16 Å². The first kappa shape index (κ1) is 13.6. The third-order valence-electron chi connectivity index (χ3n) is 3.08. The van der Waals surface area contributed by atoms with Gasteiger partial charge in [0.25, 0.3) is 0 Å². The molecule has 1 N–H and O–H groups in total. The molecular weight excluding hydrogens is 252 g/mol. The zero-order chi connectivity index (χ0) is 14.5. The Morgan fingerprint density at radius 2 is 1.95 bits per heavy atom. The summed E-state index contributed by atoms with van der Waals surface area (Å²) in [5.74, 6) is 0.747. The topological polar surface area (TPSA) is 65.6 Å². The van der Waals surface area contributed by atoms with Gasteiger partial charge < -0.3 is 9.94 Å². The predicted octanol–water partition coefficient (Wildman–Crippen LogP) is 3.32. The smallest absolute Gasteiger partial charge is 0.118 e. The number of methoxy groups -OCH3 is 1. The van der Waals surface area contributed by atoms with Crippen LogP contribution in [0.1, 0.15) is 12.5 Å². The van der Waals surface area contributed by atoms with E-state index in [1.54, 1.807) is 19.3 Å². The number of ether oxygens (including phenoxy) is 1. The van der Waals surface area contributed by atoms with Crippen LogP contribution >= 0.6 is 0 Å². The fourth-order valence-corrected chi connectivity index (χ4v) is 1.98. The molecule has 2 rings (SSSR count). The van der Waals surface area contributed by atoms with Gasteiger partial charge >= 0.3 is 0 Å². The van der Waals surface area contributed by atoms with E-state index >= 15 is 0 Å². The molecule has 4 heteroatoms. The first-order valence-electron chi connectivity index (χ1n) is 6.07. The third kappa shape index (κ3) is 2.62. The SMILES string of the molecule is COc1ccc(/C(C#N)=C2C=C/C(=N/O)C(C)=C\2)cc1. The normalized spacial score (nSPS) is 18.4. The number of nitriles is 1. The van der Waals surface area contributed by atoms with Crippen LogP contribution < -0.4 is 4.74 Å². The monoisotopic (exact) mass is 266 g/mol. The van der Waals surface area contributed by atoms with E-state index in [2.05, 4.69) is 11.2 Å². The van der Waals surface area contributed by atoms with Crippen LogP contribution in [0, 0.1) is 11.3 Å². The summed E-state index contributed by atoms with van der Waals surface area (Å²) >= 11 is 0. The van der Waals surface area contributed by atoms with Crippen molar-refractivity contribution in [2.45, 2.75) is 6.92 Å². The van der Waals surface area contributed by atoms with Crippen LogP contribution in [0.5, 0.6) is 5.75 Å². The average molecular weight is 266 g/mol. The molecule has 1 aromatic carbocycles. The van der Waals surface area contributed by atoms with E-state index in [-0.39, 0.29) is 0 Å². The van der Waals surface area contributed by atoms with Crippen molar-refractivity contribution in [3.05, 3.63) is 59.2 Å². The first-order chi connectivity index (χ1) is 9.69. The molecule has 1 aliphatic carbocycles. The van der Waals surface area contributed by atoms with Crippen molar-refractivity contribution in [2.75, 3.05) is 7.11 Å². The van der Waals surface area contributed by atoms with Crippen LogP contribution in [0.25, 0.3) is 5.57 Å². The van der Waals surface area contributed by atoms with Gasteiger partial charge in [0.05, 0.1) is 12.7 Å². The molecule has 1 aliphatic rings. The van der Waals surface area contributed by atoms with Crippen LogP contribution in [-0.4, -0.2) is 18.0 Å². The quantitative estimate of drug-likeness (QED) is 0.507. The molecule has 0 atom stereocenters. The lowest BCUT2D eigenvalue weighted by molar-refractivity contribution is 0.319. The highest BCUT2D eigenvalue weighted by molar-refractivity contribution is 6.10. The summed E-state index contributed by atoms with van der Waals surface area (Å²) in [6.07, 6.45) is 5.29. The molecule has 100 valence electrons. The van der Waals surface area contributed by atoms with Gasteiger partial charge in [0.2, 0.25) is 0 Å². The second-order valence-corrected chi connectivity index (χ2v) is 4.32. The number of hydrogen-bond donors (Lipinski definition) is 1. The average Bonchev–Trinajstić information content (AvgIpc) is 2.49. The minimum atomic E-state index is 0.501. The largest absolute Gasteiger partial charge is 0.497 e. The second-order valence-electron chi connectivity index (χ2n) is 4.32. The van der Waals surface area contributed by atoms with E-state index in [0.29, 0.717) is 11.3 Å². The van der Waals surface area contributed by atoms with Crippen LogP contribution in [-0.2, 0) is 0 Å². The van der Waals surface area contributed by atoms with Gasteiger partial charge in [-0.2, -0.15) is 5.26 Å². The van der Waals surface area contributed by atoms with Gasteiger partial charge in [-0.05, 0) is 60.1 Å². The van der Waals surface area contributed by atoms with Crippen molar-refractivity contribution in [1.29, 1.82) is 5.26 Å². The molecule has 0 aliphatic heterocycles. The number of benzene rings is 1. The zero-order valence-electron chi connectivity index (χ0n) is 11.3. The molecule has 0 heterocycles. The van der Waals surface area contributed by atoms with Gasteiger partial charge in [-0.15, -0.1) is 0 Å².